The van der Waals surface area contributed by atoms with Gasteiger partial charge in [-0.1, -0.05) is 0 Å². The molecule has 0 radical (unpaired) electrons. The van der Waals surface area contributed by atoms with E-state index < -0.39 is 6.10 Å². The monoisotopic (exact) mass is 242 g/mol. The van der Waals surface area contributed by atoms with Gasteiger partial charge in [-0.05, 0) is 19.9 Å². The van der Waals surface area contributed by atoms with Crippen LogP contribution in [0.4, 0.5) is 0 Å². The largest absolute Gasteiger partial charge is 0.390 e. The van der Waals surface area contributed by atoms with Crippen LogP contribution < -0.4 is 0 Å². The van der Waals surface area contributed by atoms with E-state index in [1.54, 1.807) is 7.11 Å². The lowest BCUT2D eigenvalue weighted by Crippen LogP contribution is -2.21. The molecule has 0 aromatic carbocycles. The van der Waals surface area contributed by atoms with Crippen molar-refractivity contribution in [3.05, 3.63) is 17.5 Å². The second-order valence-electron chi connectivity index (χ2n) is 4.02. The van der Waals surface area contributed by atoms with Crippen LogP contribution in [0.25, 0.3) is 0 Å². The van der Waals surface area contributed by atoms with Crippen molar-refractivity contribution in [2.24, 2.45) is 0 Å². The summed E-state index contributed by atoms with van der Waals surface area (Å²) in [6.45, 7) is 6.21. The van der Waals surface area contributed by atoms with Gasteiger partial charge in [0, 0.05) is 25.8 Å². The first-order valence-electron chi connectivity index (χ1n) is 5.95. The van der Waals surface area contributed by atoms with Crippen molar-refractivity contribution in [1.82, 2.24) is 9.78 Å². The molecule has 1 aromatic rings. The summed E-state index contributed by atoms with van der Waals surface area (Å²) in [5.74, 6) is 0. The third-order valence-electron chi connectivity index (χ3n) is 2.47. The summed E-state index contributed by atoms with van der Waals surface area (Å²) >= 11 is 0. The molecular formula is C12H22N2O3. The Morgan fingerprint density at radius 2 is 2.24 bits per heavy atom. The third kappa shape index (κ3) is 4.85. The Morgan fingerprint density at radius 3 is 2.88 bits per heavy atom. The lowest BCUT2D eigenvalue weighted by Gasteiger charge is -2.11. The molecular weight excluding hydrogens is 220 g/mol. The minimum atomic E-state index is -0.492. The summed E-state index contributed by atoms with van der Waals surface area (Å²) in [6.07, 6.45) is 0.0787. The highest BCUT2D eigenvalue weighted by atomic mass is 16.5. The van der Waals surface area contributed by atoms with E-state index in [9.17, 15) is 5.11 Å². The van der Waals surface area contributed by atoms with Crippen LogP contribution in [-0.4, -0.2) is 47.9 Å². The number of hydrogen-bond donors (Lipinski definition) is 1. The average molecular weight is 242 g/mol. The van der Waals surface area contributed by atoms with Gasteiger partial charge in [0.15, 0.2) is 0 Å². The van der Waals surface area contributed by atoms with Crippen molar-refractivity contribution >= 4 is 0 Å². The van der Waals surface area contributed by atoms with Gasteiger partial charge in [0.05, 0.1) is 31.6 Å². The molecule has 0 amide bonds. The predicted molar refractivity (Wildman–Crippen MR) is 65.0 cm³/mol. The predicted octanol–water partition coefficient (Wildman–Crippen LogP) is 0.778. The van der Waals surface area contributed by atoms with Gasteiger partial charge in [0.1, 0.15) is 0 Å². The van der Waals surface area contributed by atoms with Crippen molar-refractivity contribution in [1.29, 1.82) is 0 Å². The van der Waals surface area contributed by atoms with Gasteiger partial charge >= 0.3 is 0 Å². The molecule has 0 aliphatic heterocycles. The molecule has 17 heavy (non-hydrogen) atoms. The fourth-order valence-corrected chi connectivity index (χ4v) is 1.70. The van der Waals surface area contributed by atoms with E-state index in [0.29, 0.717) is 26.2 Å². The van der Waals surface area contributed by atoms with Crippen LogP contribution in [0.5, 0.6) is 0 Å². The number of aliphatic hydroxyl groups is 1. The summed E-state index contributed by atoms with van der Waals surface area (Å²) in [5.41, 5.74) is 2.03. The molecule has 0 aliphatic carbocycles. The van der Waals surface area contributed by atoms with E-state index in [4.69, 9.17) is 9.47 Å². The van der Waals surface area contributed by atoms with E-state index in [1.165, 1.54) is 0 Å². The fourth-order valence-electron chi connectivity index (χ4n) is 1.70. The molecule has 1 heterocycles. The summed E-state index contributed by atoms with van der Waals surface area (Å²) in [7, 11) is 1.63. The van der Waals surface area contributed by atoms with Crippen molar-refractivity contribution in [2.45, 2.75) is 32.9 Å². The number of aromatic nitrogens is 2. The zero-order chi connectivity index (χ0) is 12.7. The Balaban J connectivity index is 2.36. The lowest BCUT2D eigenvalue weighted by molar-refractivity contribution is 0.0130. The molecule has 1 atom stereocenters. The number of ether oxygens (including phenoxy) is 2. The van der Waals surface area contributed by atoms with Gasteiger partial charge in [0.25, 0.3) is 0 Å². The van der Waals surface area contributed by atoms with Crippen LogP contribution in [0.1, 0.15) is 18.3 Å². The van der Waals surface area contributed by atoms with Gasteiger partial charge in [-0.15, -0.1) is 0 Å². The molecule has 1 N–H and O–H groups in total. The smallest absolute Gasteiger partial charge is 0.0828 e. The number of aryl methyl sites for hydroxylation is 2. The van der Waals surface area contributed by atoms with Crippen molar-refractivity contribution in [3.8, 4) is 0 Å². The molecule has 1 rings (SSSR count). The van der Waals surface area contributed by atoms with E-state index in [1.807, 2.05) is 24.6 Å². The highest BCUT2D eigenvalue weighted by molar-refractivity contribution is 5.09. The maximum Gasteiger partial charge on any atom is 0.0828 e. The second-order valence-corrected chi connectivity index (χ2v) is 4.02. The highest BCUT2D eigenvalue weighted by Gasteiger charge is 2.10. The van der Waals surface area contributed by atoms with Crippen LogP contribution in [-0.2, 0) is 22.4 Å². The quantitative estimate of drug-likeness (QED) is 0.684. The maximum absolute atomic E-state index is 9.82. The SMILES string of the molecule is CCn1nc(C)cc1CC(O)COCCOC. The Labute approximate surface area is 102 Å². The lowest BCUT2D eigenvalue weighted by atomic mass is 10.2. The van der Waals surface area contributed by atoms with E-state index >= 15 is 0 Å². The van der Waals surface area contributed by atoms with Crippen molar-refractivity contribution in [3.63, 3.8) is 0 Å². The molecule has 0 saturated heterocycles. The van der Waals surface area contributed by atoms with Crippen LogP contribution in [0.15, 0.2) is 6.07 Å². The molecule has 1 unspecified atom stereocenters. The van der Waals surface area contributed by atoms with Gasteiger partial charge in [-0.2, -0.15) is 5.10 Å². The van der Waals surface area contributed by atoms with Gasteiger partial charge in [-0.3, -0.25) is 4.68 Å². The minimum Gasteiger partial charge on any atom is -0.390 e. The van der Waals surface area contributed by atoms with Gasteiger partial charge in [0.2, 0.25) is 0 Å². The van der Waals surface area contributed by atoms with E-state index in [0.717, 1.165) is 17.9 Å². The summed E-state index contributed by atoms with van der Waals surface area (Å²) in [6, 6.07) is 2.00. The van der Waals surface area contributed by atoms with Crippen molar-refractivity contribution < 1.29 is 14.6 Å². The minimum absolute atomic E-state index is 0.331. The van der Waals surface area contributed by atoms with Crippen molar-refractivity contribution in [2.75, 3.05) is 26.9 Å². The summed E-state index contributed by atoms with van der Waals surface area (Å²) in [5, 5.41) is 14.2. The third-order valence-corrected chi connectivity index (χ3v) is 2.47. The van der Waals surface area contributed by atoms with E-state index in [2.05, 4.69) is 5.10 Å². The Morgan fingerprint density at radius 1 is 1.47 bits per heavy atom. The first kappa shape index (κ1) is 14.2. The number of hydrogen-bond acceptors (Lipinski definition) is 4. The normalized spacial score (nSPS) is 12.9. The molecule has 0 bridgehead atoms. The number of nitrogens with zero attached hydrogens (tertiary/aromatic N) is 2. The maximum atomic E-state index is 9.82. The molecule has 98 valence electrons. The van der Waals surface area contributed by atoms with Crippen LogP contribution >= 0.6 is 0 Å². The topological polar surface area (TPSA) is 56.5 Å². The van der Waals surface area contributed by atoms with Gasteiger partial charge in [-0.25, -0.2) is 0 Å². The van der Waals surface area contributed by atoms with Gasteiger partial charge < -0.3 is 14.6 Å². The molecule has 0 spiro atoms. The van der Waals surface area contributed by atoms with Crippen LogP contribution in [0, 0.1) is 6.92 Å². The zero-order valence-corrected chi connectivity index (χ0v) is 10.8. The van der Waals surface area contributed by atoms with Crippen LogP contribution in [0.2, 0.25) is 0 Å². The van der Waals surface area contributed by atoms with Crippen LogP contribution in [0.3, 0.4) is 0 Å². The molecule has 0 aliphatic rings. The first-order chi connectivity index (χ1) is 8.17. The zero-order valence-electron chi connectivity index (χ0n) is 10.8. The summed E-state index contributed by atoms with van der Waals surface area (Å²) in [4.78, 5) is 0. The second kappa shape index (κ2) is 7.42. The molecule has 5 nitrogen and oxygen atoms in total. The fraction of sp³-hybridized carbons (Fsp3) is 0.750. The first-order valence-corrected chi connectivity index (χ1v) is 5.95. The Hall–Kier alpha value is -0.910. The Bertz CT molecular complexity index is 326. The number of rotatable bonds is 8. The summed E-state index contributed by atoms with van der Waals surface area (Å²) < 4.78 is 12.1. The molecule has 0 saturated carbocycles. The standard InChI is InChI=1S/C12H22N2O3/c1-4-14-11(7-10(2)13-14)8-12(15)9-17-6-5-16-3/h7,12,15H,4-6,8-9H2,1-3H3. The molecule has 5 heteroatoms. The Kier molecular flexibility index (Phi) is 6.18. The highest BCUT2D eigenvalue weighted by Crippen LogP contribution is 2.07. The molecule has 1 aromatic heterocycles. The number of aliphatic hydroxyl groups excluding tert-OH is 1. The van der Waals surface area contributed by atoms with E-state index in [-0.39, 0.29) is 0 Å². The molecule has 0 fully saturated rings. The average Bonchev–Trinajstić information content (AvgIpc) is 2.65. The number of methoxy groups -OCH3 is 1.